The molecule has 0 aromatic heterocycles. The molecule has 0 bridgehead atoms. The molecule has 1 N–H and O–H groups in total. The van der Waals surface area contributed by atoms with Gasteiger partial charge in [-0.2, -0.15) is 0 Å². The lowest BCUT2D eigenvalue weighted by Crippen LogP contribution is -2.40. The Hall–Kier alpha value is -1.42. The molecule has 2 atom stereocenters. The van der Waals surface area contributed by atoms with E-state index in [-0.39, 0.29) is 23.6 Å². The Morgan fingerprint density at radius 2 is 2.12 bits per heavy atom. The average molecular weight is 237 g/mol. The van der Waals surface area contributed by atoms with Crippen LogP contribution in [0, 0.1) is 11.7 Å². The van der Waals surface area contributed by atoms with Crippen molar-refractivity contribution in [2.24, 2.45) is 5.92 Å². The van der Waals surface area contributed by atoms with Crippen LogP contribution in [0.15, 0.2) is 24.3 Å². The summed E-state index contributed by atoms with van der Waals surface area (Å²) in [5.74, 6) is -0.521. The number of rotatable bonds is 2. The van der Waals surface area contributed by atoms with E-state index in [0.29, 0.717) is 6.54 Å². The molecule has 1 aromatic rings. The summed E-state index contributed by atoms with van der Waals surface area (Å²) in [6.07, 6.45) is 0.866. The van der Waals surface area contributed by atoms with E-state index in [1.165, 1.54) is 19.2 Å². The number of carbonyl (C=O) groups excluding carboxylic acids is 1. The molecular formula is C13H16FNO2. The molecule has 0 aliphatic carbocycles. The second kappa shape index (κ2) is 5.27. The SMILES string of the molecule is COC(=O)[C@@H]1CNCC[C@H]1c1ccc(F)cc1. The van der Waals surface area contributed by atoms with Gasteiger partial charge in [0.25, 0.3) is 0 Å². The summed E-state index contributed by atoms with van der Waals surface area (Å²) in [5.41, 5.74) is 1.00. The maximum atomic E-state index is 12.9. The summed E-state index contributed by atoms with van der Waals surface area (Å²) in [6, 6.07) is 6.37. The van der Waals surface area contributed by atoms with Crippen LogP contribution >= 0.6 is 0 Å². The molecule has 92 valence electrons. The van der Waals surface area contributed by atoms with Gasteiger partial charge in [-0.05, 0) is 36.6 Å². The fraction of sp³-hybridized carbons (Fsp3) is 0.462. The van der Waals surface area contributed by atoms with Crippen molar-refractivity contribution in [2.75, 3.05) is 20.2 Å². The average Bonchev–Trinajstić information content (AvgIpc) is 2.39. The largest absolute Gasteiger partial charge is 0.469 e. The molecule has 1 fully saturated rings. The number of nitrogens with one attached hydrogen (secondary N) is 1. The third-order valence-corrected chi connectivity index (χ3v) is 3.28. The Balaban J connectivity index is 2.21. The number of esters is 1. The van der Waals surface area contributed by atoms with Gasteiger partial charge in [-0.25, -0.2) is 4.39 Å². The first-order valence-corrected chi connectivity index (χ1v) is 5.76. The lowest BCUT2D eigenvalue weighted by Gasteiger charge is -2.30. The van der Waals surface area contributed by atoms with E-state index in [1.807, 2.05) is 0 Å². The molecule has 0 amide bonds. The molecule has 0 unspecified atom stereocenters. The number of benzene rings is 1. The number of hydrogen-bond acceptors (Lipinski definition) is 3. The number of halogens is 1. The van der Waals surface area contributed by atoms with Crippen LogP contribution in [0.1, 0.15) is 17.9 Å². The van der Waals surface area contributed by atoms with Crippen LogP contribution in [-0.4, -0.2) is 26.2 Å². The highest BCUT2D eigenvalue weighted by molar-refractivity contribution is 5.74. The summed E-state index contributed by atoms with van der Waals surface area (Å²) in [7, 11) is 1.40. The monoisotopic (exact) mass is 237 g/mol. The molecule has 0 spiro atoms. The normalized spacial score (nSPS) is 24.4. The molecule has 1 saturated heterocycles. The van der Waals surface area contributed by atoms with Crippen molar-refractivity contribution in [2.45, 2.75) is 12.3 Å². The minimum Gasteiger partial charge on any atom is -0.469 e. The highest BCUT2D eigenvalue weighted by Gasteiger charge is 2.32. The second-order valence-electron chi connectivity index (χ2n) is 4.28. The van der Waals surface area contributed by atoms with Crippen LogP contribution in [0.2, 0.25) is 0 Å². The standard InChI is InChI=1S/C13H16FNO2/c1-17-13(16)12-8-15-7-6-11(12)9-2-4-10(14)5-3-9/h2-5,11-12,15H,6-8H2,1H3/t11-,12+/m0/s1. The first kappa shape index (κ1) is 12.0. The molecule has 1 aliphatic rings. The van der Waals surface area contributed by atoms with E-state index >= 15 is 0 Å². The van der Waals surface area contributed by atoms with Gasteiger partial charge in [0, 0.05) is 6.54 Å². The van der Waals surface area contributed by atoms with E-state index in [9.17, 15) is 9.18 Å². The zero-order chi connectivity index (χ0) is 12.3. The predicted molar refractivity (Wildman–Crippen MR) is 62.1 cm³/mol. The fourth-order valence-electron chi connectivity index (χ4n) is 2.37. The molecular weight excluding hydrogens is 221 g/mol. The van der Waals surface area contributed by atoms with Crippen molar-refractivity contribution in [1.29, 1.82) is 0 Å². The van der Waals surface area contributed by atoms with Gasteiger partial charge in [-0.15, -0.1) is 0 Å². The number of piperidine rings is 1. The quantitative estimate of drug-likeness (QED) is 0.795. The number of hydrogen-bond donors (Lipinski definition) is 1. The maximum Gasteiger partial charge on any atom is 0.310 e. The van der Waals surface area contributed by atoms with Crippen LogP contribution in [-0.2, 0) is 9.53 Å². The van der Waals surface area contributed by atoms with Crippen molar-refractivity contribution in [3.63, 3.8) is 0 Å². The molecule has 4 heteroatoms. The van der Waals surface area contributed by atoms with Gasteiger partial charge in [0.1, 0.15) is 5.82 Å². The summed E-state index contributed by atoms with van der Waals surface area (Å²) in [5, 5.41) is 3.19. The first-order valence-electron chi connectivity index (χ1n) is 5.76. The highest BCUT2D eigenvalue weighted by atomic mass is 19.1. The lowest BCUT2D eigenvalue weighted by molar-refractivity contribution is -0.146. The van der Waals surface area contributed by atoms with Crippen molar-refractivity contribution in [3.05, 3.63) is 35.6 Å². The van der Waals surface area contributed by atoms with E-state index in [2.05, 4.69) is 5.32 Å². The number of methoxy groups -OCH3 is 1. The Bertz CT molecular complexity index is 391. The number of ether oxygens (including phenoxy) is 1. The van der Waals surface area contributed by atoms with Crippen molar-refractivity contribution >= 4 is 5.97 Å². The van der Waals surface area contributed by atoms with Gasteiger partial charge < -0.3 is 10.1 Å². The fourth-order valence-corrected chi connectivity index (χ4v) is 2.37. The molecule has 1 heterocycles. The van der Waals surface area contributed by atoms with Gasteiger partial charge in [-0.1, -0.05) is 12.1 Å². The highest BCUT2D eigenvalue weighted by Crippen LogP contribution is 2.31. The van der Waals surface area contributed by atoms with E-state index in [1.54, 1.807) is 12.1 Å². The summed E-state index contributed by atoms with van der Waals surface area (Å²) < 4.78 is 17.7. The van der Waals surface area contributed by atoms with Crippen LogP contribution in [0.5, 0.6) is 0 Å². The van der Waals surface area contributed by atoms with Crippen LogP contribution in [0.3, 0.4) is 0 Å². The third-order valence-electron chi connectivity index (χ3n) is 3.28. The second-order valence-corrected chi connectivity index (χ2v) is 4.28. The molecule has 1 aromatic carbocycles. The van der Waals surface area contributed by atoms with Crippen molar-refractivity contribution < 1.29 is 13.9 Å². The van der Waals surface area contributed by atoms with E-state index in [4.69, 9.17) is 4.74 Å². The van der Waals surface area contributed by atoms with Crippen LogP contribution in [0.25, 0.3) is 0 Å². The van der Waals surface area contributed by atoms with Gasteiger partial charge in [0.05, 0.1) is 13.0 Å². The minimum atomic E-state index is -0.252. The Morgan fingerprint density at radius 1 is 1.41 bits per heavy atom. The van der Waals surface area contributed by atoms with Gasteiger partial charge >= 0.3 is 5.97 Å². The van der Waals surface area contributed by atoms with Gasteiger partial charge in [-0.3, -0.25) is 4.79 Å². The maximum absolute atomic E-state index is 12.9. The summed E-state index contributed by atoms with van der Waals surface area (Å²) >= 11 is 0. The van der Waals surface area contributed by atoms with Crippen LogP contribution in [0.4, 0.5) is 4.39 Å². The Kier molecular flexibility index (Phi) is 3.74. The minimum absolute atomic E-state index is 0.115. The third kappa shape index (κ3) is 2.64. The predicted octanol–water partition coefficient (Wildman–Crippen LogP) is 1.69. The first-order chi connectivity index (χ1) is 8.22. The molecule has 0 radical (unpaired) electrons. The Labute approximate surface area is 100.0 Å². The molecule has 2 rings (SSSR count). The molecule has 1 aliphatic heterocycles. The summed E-state index contributed by atoms with van der Waals surface area (Å²) in [4.78, 5) is 11.7. The van der Waals surface area contributed by atoms with Crippen LogP contribution < -0.4 is 5.32 Å². The molecule has 3 nitrogen and oxygen atoms in total. The van der Waals surface area contributed by atoms with Crippen molar-refractivity contribution in [1.82, 2.24) is 5.32 Å². The van der Waals surface area contributed by atoms with E-state index < -0.39 is 0 Å². The van der Waals surface area contributed by atoms with Gasteiger partial charge in [0.15, 0.2) is 0 Å². The Morgan fingerprint density at radius 3 is 2.76 bits per heavy atom. The topological polar surface area (TPSA) is 38.3 Å². The molecule has 0 saturated carbocycles. The van der Waals surface area contributed by atoms with Gasteiger partial charge in [0.2, 0.25) is 0 Å². The smallest absolute Gasteiger partial charge is 0.310 e. The zero-order valence-electron chi connectivity index (χ0n) is 9.78. The summed E-state index contributed by atoms with van der Waals surface area (Å²) in [6.45, 7) is 1.49. The lowest BCUT2D eigenvalue weighted by atomic mass is 9.81. The molecule has 17 heavy (non-hydrogen) atoms. The zero-order valence-corrected chi connectivity index (χ0v) is 9.78. The van der Waals surface area contributed by atoms with E-state index in [0.717, 1.165) is 18.5 Å². The van der Waals surface area contributed by atoms with Crippen molar-refractivity contribution in [3.8, 4) is 0 Å². The number of carbonyl (C=O) groups is 1.